The molecule has 3 heterocycles. The van der Waals surface area contributed by atoms with Gasteiger partial charge in [-0.2, -0.15) is 0 Å². The van der Waals surface area contributed by atoms with Gasteiger partial charge in [0.15, 0.2) is 0 Å². The van der Waals surface area contributed by atoms with Crippen molar-refractivity contribution in [1.82, 2.24) is 0 Å². The lowest BCUT2D eigenvalue weighted by molar-refractivity contribution is 0.524. The van der Waals surface area contributed by atoms with E-state index in [1.54, 1.807) is 0 Å². The summed E-state index contributed by atoms with van der Waals surface area (Å²) in [5, 5.41) is 5.57. The molecule has 0 saturated carbocycles. The van der Waals surface area contributed by atoms with Gasteiger partial charge in [-0.1, -0.05) is 72.8 Å². The molecule has 0 bridgehead atoms. The Morgan fingerprint density at radius 3 is 1.55 bits per heavy atom. The van der Waals surface area contributed by atoms with Crippen molar-refractivity contribution in [2.24, 2.45) is 0 Å². The number of para-hydroxylation sites is 3. The quantitative estimate of drug-likeness (QED) is 0.180. The number of nitrogens with zero attached hydrogens (tertiary/aromatic N) is 2. The van der Waals surface area contributed by atoms with Crippen LogP contribution in [0.1, 0.15) is 0 Å². The third-order valence-electron chi connectivity index (χ3n) is 9.25. The van der Waals surface area contributed by atoms with Gasteiger partial charge in [0.2, 0.25) is 0 Å². The lowest BCUT2D eigenvalue weighted by atomic mass is 10.1. The minimum Gasteiger partial charge on any atom is -0.425 e. The summed E-state index contributed by atoms with van der Waals surface area (Å²) in [6.45, 7) is 0. The molecule has 0 aliphatic heterocycles. The van der Waals surface area contributed by atoms with Gasteiger partial charge in [0, 0.05) is 71.1 Å². The average molecular weight is 649 g/mol. The fourth-order valence-corrected chi connectivity index (χ4v) is 8.14. The van der Waals surface area contributed by atoms with Crippen LogP contribution in [-0.2, 0) is 0 Å². The van der Waals surface area contributed by atoms with Gasteiger partial charge in [-0.05, 0) is 91.0 Å². The Kier molecular flexibility index (Phi) is 6.32. The predicted octanol–water partition coefficient (Wildman–Crippen LogP) is 13.6. The first kappa shape index (κ1) is 27.8. The summed E-state index contributed by atoms with van der Waals surface area (Å²) >= 11 is 1.83. The van der Waals surface area contributed by atoms with Gasteiger partial charge in [0.05, 0.1) is 5.39 Å². The third-order valence-corrected chi connectivity index (χ3v) is 10.4. The molecule has 232 valence electrons. The molecule has 0 saturated heterocycles. The summed E-state index contributed by atoms with van der Waals surface area (Å²) in [7, 11) is 0. The highest BCUT2D eigenvalue weighted by Gasteiger charge is 2.21. The van der Waals surface area contributed by atoms with Crippen molar-refractivity contribution in [3.05, 3.63) is 170 Å². The van der Waals surface area contributed by atoms with Gasteiger partial charge < -0.3 is 18.6 Å². The average Bonchev–Trinajstić information content (AvgIpc) is 3.82. The molecule has 0 aliphatic carbocycles. The molecule has 7 aromatic carbocycles. The number of hydrogen-bond acceptors (Lipinski definition) is 5. The zero-order valence-corrected chi connectivity index (χ0v) is 27.1. The van der Waals surface area contributed by atoms with Crippen LogP contribution in [0.25, 0.3) is 53.3 Å². The van der Waals surface area contributed by atoms with Gasteiger partial charge in [-0.25, -0.2) is 0 Å². The standard InChI is InChI=1S/C44H28N2O2S/c1-4-12-29(13-5-1)45(30-14-6-2-7-15-30)32-21-24-39-38(27-32)43-36-23-20-34(28-40(36)48-44(43)47-39)46(31-16-8-3-9-17-31)33-22-25-42-37(26-33)35-18-10-11-19-41(35)49-42/h1-28H. The Hall–Kier alpha value is -6.30. The fourth-order valence-electron chi connectivity index (χ4n) is 7.05. The van der Waals surface area contributed by atoms with Crippen LogP contribution in [0.3, 0.4) is 0 Å². The second kappa shape index (κ2) is 11.2. The summed E-state index contributed by atoms with van der Waals surface area (Å²) in [4.78, 5) is 4.56. The molecular formula is C44H28N2O2S. The summed E-state index contributed by atoms with van der Waals surface area (Å²) in [6.07, 6.45) is 0. The minimum absolute atomic E-state index is 0.530. The van der Waals surface area contributed by atoms with Gasteiger partial charge in [-0.15, -0.1) is 11.3 Å². The summed E-state index contributed by atoms with van der Waals surface area (Å²) in [6, 6.07) is 59.6. The van der Waals surface area contributed by atoms with Crippen LogP contribution in [0.15, 0.2) is 179 Å². The van der Waals surface area contributed by atoms with Crippen molar-refractivity contribution in [2.75, 3.05) is 9.80 Å². The van der Waals surface area contributed by atoms with E-state index in [1.807, 2.05) is 29.5 Å². The summed E-state index contributed by atoms with van der Waals surface area (Å²) in [5.41, 5.74) is 7.98. The highest BCUT2D eigenvalue weighted by atomic mass is 32.1. The molecule has 49 heavy (non-hydrogen) atoms. The zero-order chi connectivity index (χ0) is 32.3. The fraction of sp³-hybridized carbons (Fsp3) is 0. The molecule has 0 fully saturated rings. The van der Waals surface area contributed by atoms with Gasteiger partial charge in [-0.3, -0.25) is 0 Å². The van der Waals surface area contributed by atoms with Crippen LogP contribution < -0.4 is 9.80 Å². The predicted molar refractivity (Wildman–Crippen MR) is 206 cm³/mol. The molecule has 0 spiro atoms. The normalized spacial score (nSPS) is 11.7. The van der Waals surface area contributed by atoms with E-state index < -0.39 is 0 Å². The molecular weight excluding hydrogens is 621 g/mol. The number of anilines is 6. The van der Waals surface area contributed by atoms with E-state index in [0.29, 0.717) is 5.78 Å². The molecule has 0 N–H and O–H groups in total. The van der Waals surface area contributed by atoms with Crippen LogP contribution in [0.4, 0.5) is 34.1 Å². The second-order valence-electron chi connectivity index (χ2n) is 12.2. The smallest absolute Gasteiger partial charge is 0.299 e. The van der Waals surface area contributed by atoms with E-state index in [1.165, 1.54) is 20.2 Å². The highest BCUT2D eigenvalue weighted by Crippen LogP contribution is 2.45. The zero-order valence-electron chi connectivity index (χ0n) is 26.3. The molecule has 0 atom stereocenters. The SMILES string of the molecule is c1ccc(N(c2ccc3c(c2)oc2oc4ccc(N(c5ccccc5)c5ccccc5)cc4c23)c2ccc3sc4ccccc4c3c2)cc1. The van der Waals surface area contributed by atoms with Gasteiger partial charge in [0.25, 0.3) is 5.78 Å². The largest absolute Gasteiger partial charge is 0.425 e. The van der Waals surface area contributed by atoms with Crippen molar-refractivity contribution in [1.29, 1.82) is 0 Å². The van der Waals surface area contributed by atoms with Gasteiger partial charge >= 0.3 is 0 Å². The maximum Gasteiger partial charge on any atom is 0.299 e. The number of benzene rings is 7. The molecule has 0 radical (unpaired) electrons. The van der Waals surface area contributed by atoms with Crippen molar-refractivity contribution < 1.29 is 8.83 Å². The first-order valence-corrected chi connectivity index (χ1v) is 17.2. The Bertz CT molecular complexity index is 2740. The van der Waals surface area contributed by atoms with E-state index in [-0.39, 0.29) is 0 Å². The first-order valence-electron chi connectivity index (χ1n) is 16.3. The molecule has 0 unspecified atom stereocenters. The van der Waals surface area contributed by atoms with Crippen molar-refractivity contribution >= 4 is 98.7 Å². The second-order valence-corrected chi connectivity index (χ2v) is 13.3. The van der Waals surface area contributed by atoms with Crippen LogP contribution >= 0.6 is 11.3 Å². The monoisotopic (exact) mass is 648 g/mol. The minimum atomic E-state index is 0.530. The Morgan fingerprint density at radius 2 is 0.857 bits per heavy atom. The lowest BCUT2D eigenvalue weighted by Gasteiger charge is -2.25. The molecule has 4 nitrogen and oxygen atoms in total. The van der Waals surface area contributed by atoms with Crippen molar-refractivity contribution in [2.45, 2.75) is 0 Å². The van der Waals surface area contributed by atoms with E-state index >= 15 is 0 Å². The van der Waals surface area contributed by atoms with Crippen LogP contribution in [0.5, 0.6) is 0 Å². The molecule has 3 aromatic heterocycles. The Labute approximate surface area is 286 Å². The van der Waals surface area contributed by atoms with E-state index in [2.05, 4.69) is 161 Å². The van der Waals surface area contributed by atoms with Crippen LogP contribution in [-0.4, -0.2) is 0 Å². The number of rotatable bonds is 6. The number of fused-ring (bicyclic) bond motifs is 8. The van der Waals surface area contributed by atoms with Crippen LogP contribution in [0.2, 0.25) is 0 Å². The molecule has 0 amide bonds. The van der Waals surface area contributed by atoms with E-state index in [4.69, 9.17) is 8.83 Å². The molecule has 5 heteroatoms. The van der Waals surface area contributed by atoms with Crippen molar-refractivity contribution in [3.63, 3.8) is 0 Å². The summed E-state index contributed by atoms with van der Waals surface area (Å²) < 4.78 is 15.4. The van der Waals surface area contributed by atoms with E-state index in [9.17, 15) is 0 Å². The molecule has 10 rings (SSSR count). The first-order chi connectivity index (χ1) is 24.3. The van der Waals surface area contributed by atoms with E-state index in [0.717, 1.165) is 61.4 Å². The van der Waals surface area contributed by atoms with Crippen molar-refractivity contribution in [3.8, 4) is 0 Å². The Balaban J connectivity index is 1.12. The number of thiophene rings is 1. The maximum atomic E-state index is 6.48. The van der Waals surface area contributed by atoms with Crippen LogP contribution in [0, 0.1) is 0 Å². The number of furan rings is 2. The summed E-state index contributed by atoms with van der Waals surface area (Å²) in [5.74, 6) is 0.530. The molecule has 10 aromatic rings. The lowest BCUT2D eigenvalue weighted by Crippen LogP contribution is -2.09. The topological polar surface area (TPSA) is 32.8 Å². The molecule has 0 aliphatic rings. The third kappa shape index (κ3) is 4.59. The maximum absolute atomic E-state index is 6.48. The Morgan fingerprint density at radius 1 is 0.347 bits per heavy atom. The number of hydrogen-bond donors (Lipinski definition) is 0. The van der Waals surface area contributed by atoms with Gasteiger partial charge in [0.1, 0.15) is 11.2 Å². The highest BCUT2D eigenvalue weighted by molar-refractivity contribution is 7.25.